The molecule has 2 aromatic rings. The van der Waals surface area contributed by atoms with E-state index in [-0.39, 0.29) is 11.9 Å². The first-order chi connectivity index (χ1) is 10.0. The van der Waals surface area contributed by atoms with E-state index in [1.54, 1.807) is 0 Å². The molecule has 1 atom stereocenters. The van der Waals surface area contributed by atoms with E-state index >= 15 is 0 Å². The lowest BCUT2D eigenvalue weighted by Crippen LogP contribution is -2.23. The molecular weight excluding hydrogens is 329 g/mol. The van der Waals surface area contributed by atoms with Crippen molar-refractivity contribution in [2.24, 2.45) is 0 Å². The van der Waals surface area contributed by atoms with Gasteiger partial charge in [0.25, 0.3) is 0 Å². The Morgan fingerprint density at radius 1 is 1.10 bits per heavy atom. The molecule has 1 nitrogen and oxygen atoms in total. The predicted octanol–water partition coefficient (Wildman–Crippen LogP) is 5.29. The first kappa shape index (κ1) is 16.2. The molecule has 1 unspecified atom stereocenters. The van der Waals surface area contributed by atoms with Gasteiger partial charge in [0, 0.05) is 4.47 Å². The summed E-state index contributed by atoms with van der Waals surface area (Å²) in [5.74, 6) is -0.222. The summed E-state index contributed by atoms with van der Waals surface area (Å²) in [6.07, 6.45) is 1.06. The second-order valence-electron chi connectivity index (χ2n) is 5.40. The highest BCUT2D eigenvalue weighted by Gasteiger charge is 2.17. The summed E-state index contributed by atoms with van der Waals surface area (Å²) in [6, 6.07) is 11.5. The van der Waals surface area contributed by atoms with E-state index in [9.17, 15) is 4.39 Å². The van der Waals surface area contributed by atoms with Crippen LogP contribution in [0.2, 0.25) is 0 Å². The largest absolute Gasteiger partial charge is 0.306 e. The Hall–Kier alpha value is -1.19. The summed E-state index contributed by atoms with van der Waals surface area (Å²) < 4.78 is 14.1. The molecule has 0 radical (unpaired) electrons. The van der Waals surface area contributed by atoms with Crippen LogP contribution in [0.3, 0.4) is 0 Å². The monoisotopic (exact) mass is 349 g/mol. The lowest BCUT2D eigenvalue weighted by molar-refractivity contribution is 0.590. The fourth-order valence-electron chi connectivity index (χ4n) is 2.38. The van der Waals surface area contributed by atoms with Gasteiger partial charge >= 0.3 is 0 Å². The highest BCUT2D eigenvalue weighted by molar-refractivity contribution is 9.10. The Kier molecular flexibility index (Phi) is 5.54. The van der Waals surface area contributed by atoms with Crippen LogP contribution in [0, 0.1) is 19.7 Å². The van der Waals surface area contributed by atoms with Crippen LogP contribution in [0.15, 0.2) is 40.9 Å². The molecule has 2 rings (SSSR count). The van der Waals surface area contributed by atoms with Crippen LogP contribution in [0.1, 0.15) is 41.6 Å². The Balaban J connectivity index is 2.44. The predicted molar refractivity (Wildman–Crippen MR) is 90.2 cm³/mol. The van der Waals surface area contributed by atoms with Crippen molar-refractivity contribution < 1.29 is 4.39 Å². The fourth-order valence-corrected chi connectivity index (χ4v) is 2.96. The third-order valence-electron chi connectivity index (χ3n) is 3.74. The zero-order valence-corrected chi connectivity index (χ0v) is 14.3. The average molecular weight is 350 g/mol. The molecule has 21 heavy (non-hydrogen) atoms. The van der Waals surface area contributed by atoms with Gasteiger partial charge in [-0.05, 0) is 61.2 Å². The molecule has 0 aliphatic carbocycles. The maximum atomic E-state index is 13.3. The SMILES string of the molecule is CCCNC(c1ccc(C)c(C)c1)c1ccc(F)cc1Br. The zero-order valence-electron chi connectivity index (χ0n) is 12.7. The lowest BCUT2D eigenvalue weighted by atomic mass is 9.95. The van der Waals surface area contributed by atoms with Gasteiger partial charge in [-0.3, -0.25) is 0 Å². The van der Waals surface area contributed by atoms with Crippen LogP contribution in [0.5, 0.6) is 0 Å². The van der Waals surface area contributed by atoms with E-state index in [4.69, 9.17) is 0 Å². The highest BCUT2D eigenvalue weighted by atomic mass is 79.9. The van der Waals surface area contributed by atoms with Crippen molar-refractivity contribution in [2.75, 3.05) is 6.54 Å². The summed E-state index contributed by atoms with van der Waals surface area (Å²) in [5, 5.41) is 3.56. The molecular formula is C18H21BrFN. The topological polar surface area (TPSA) is 12.0 Å². The van der Waals surface area contributed by atoms with E-state index in [1.165, 1.54) is 28.8 Å². The van der Waals surface area contributed by atoms with Crippen LogP contribution in [0.25, 0.3) is 0 Å². The molecule has 0 saturated heterocycles. The second kappa shape index (κ2) is 7.19. The van der Waals surface area contributed by atoms with E-state index < -0.39 is 0 Å². The summed E-state index contributed by atoms with van der Waals surface area (Å²) in [6.45, 7) is 7.29. The minimum absolute atomic E-state index is 0.0687. The van der Waals surface area contributed by atoms with Crippen molar-refractivity contribution in [3.8, 4) is 0 Å². The number of benzene rings is 2. The molecule has 0 aliphatic heterocycles. The third-order valence-corrected chi connectivity index (χ3v) is 4.42. The summed E-state index contributed by atoms with van der Waals surface area (Å²) in [7, 11) is 0. The molecule has 0 aromatic heterocycles. The fraction of sp³-hybridized carbons (Fsp3) is 0.333. The zero-order chi connectivity index (χ0) is 15.4. The van der Waals surface area contributed by atoms with Gasteiger partial charge in [0.15, 0.2) is 0 Å². The van der Waals surface area contributed by atoms with Crippen molar-refractivity contribution >= 4 is 15.9 Å². The smallest absolute Gasteiger partial charge is 0.124 e. The Labute approximate surface area is 134 Å². The quantitative estimate of drug-likeness (QED) is 0.772. The molecule has 0 fully saturated rings. The molecule has 112 valence electrons. The van der Waals surface area contributed by atoms with Crippen LogP contribution in [0.4, 0.5) is 4.39 Å². The minimum atomic E-state index is -0.222. The van der Waals surface area contributed by atoms with Crippen LogP contribution >= 0.6 is 15.9 Å². The van der Waals surface area contributed by atoms with Crippen molar-refractivity contribution in [3.63, 3.8) is 0 Å². The normalized spacial score (nSPS) is 12.4. The van der Waals surface area contributed by atoms with E-state index in [2.05, 4.69) is 60.2 Å². The van der Waals surface area contributed by atoms with E-state index in [1.807, 2.05) is 6.07 Å². The summed E-state index contributed by atoms with van der Waals surface area (Å²) in [5.41, 5.74) is 4.83. The van der Waals surface area contributed by atoms with Gasteiger partial charge in [-0.15, -0.1) is 0 Å². The summed E-state index contributed by atoms with van der Waals surface area (Å²) in [4.78, 5) is 0. The number of nitrogens with one attached hydrogen (secondary N) is 1. The van der Waals surface area contributed by atoms with Crippen molar-refractivity contribution in [2.45, 2.75) is 33.2 Å². The van der Waals surface area contributed by atoms with Crippen LogP contribution in [-0.2, 0) is 0 Å². The molecule has 0 spiro atoms. The molecule has 3 heteroatoms. The first-order valence-corrected chi connectivity index (χ1v) is 8.07. The van der Waals surface area contributed by atoms with Crippen molar-refractivity contribution in [1.29, 1.82) is 0 Å². The molecule has 1 N–H and O–H groups in total. The standard InChI is InChI=1S/C18H21BrFN/c1-4-9-21-18(14-6-5-12(2)13(3)10-14)16-8-7-15(20)11-17(16)19/h5-8,10-11,18,21H,4,9H2,1-3H3. The van der Waals surface area contributed by atoms with Gasteiger partial charge in [0.1, 0.15) is 5.82 Å². The number of aryl methyl sites for hydroxylation is 2. The summed E-state index contributed by atoms with van der Waals surface area (Å²) >= 11 is 3.49. The number of rotatable bonds is 5. The maximum absolute atomic E-state index is 13.3. The second-order valence-corrected chi connectivity index (χ2v) is 6.25. The third kappa shape index (κ3) is 3.92. The van der Waals surface area contributed by atoms with Crippen molar-refractivity contribution in [1.82, 2.24) is 5.32 Å². The van der Waals surface area contributed by atoms with Crippen molar-refractivity contribution in [3.05, 3.63) is 68.9 Å². The molecule has 0 saturated carbocycles. The molecule has 0 aliphatic rings. The Bertz CT molecular complexity index is 625. The molecule has 2 aromatic carbocycles. The average Bonchev–Trinajstić information content (AvgIpc) is 2.44. The van der Waals surface area contributed by atoms with Gasteiger partial charge in [0.2, 0.25) is 0 Å². The number of halogens is 2. The van der Waals surface area contributed by atoms with E-state index in [0.717, 1.165) is 23.0 Å². The highest BCUT2D eigenvalue weighted by Crippen LogP contribution is 2.30. The minimum Gasteiger partial charge on any atom is -0.306 e. The lowest BCUT2D eigenvalue weighted by Gasteiger charge is -2.22. The molecule has 0 amide bonds. The van der Waals surface area contributed by atoms with Gasteiger partial charge in [-0.25, -0.2) is 4.39 Å². The van der Waals surface area contributed by atoms with Crippen LogP contribution < -0.4 is 5.32 Å². The van der Waals surface area contributed by atoms with Gasteiger partial charge in [-0.2, -0.15) is 0 Å². The van der Waals surface area contributed by atoms with Gasteiger partial charge in [0.05, 0.1) is 6.04 Å². The number of hydrogen-bond acceptors (Lipinski definition) is 1. The Morgan fingerprint density at radius 2 is 1.86 bits per heavy atom. The maximum Gasteiger partial charge on any atom is 0.124 e. The van der Waals surface area contributed by atoms with E-state index in [0.29, 0.717) is 0 Å². The number of hydrogen-bond donors (Lipinski definition) is 1. The molecule has 0 heterocycles. The Morgan fingerprint density at radius 3 is 2.48 bits per heavy atom. The van der Waals surface area contributed by atoms with Gasteiger partial charge < -0.3 is 5.32 Å². The molecule has 0 bridgehead atoms. The van der Waals surface area contributed by atoms with Crippen LogP contribution in [-0.4, -0.2) is 6.54 Å². The first-order valence-electron chi connectivity index (χ1n) is 7.28. The van der Waals surface area contributed by atoms with Gasteiger partial charge in [-0.1, -0.05) is 47.1 Å².